The largest absolute Gasteiger partial charge is 0.329 e. The molecular weight excluding hydrogens is 258 g/mol. The van der Waals surface area contributed by atoms with E-state index in [-0.39, 0.29) is 0 Å². The summed E-state index contributed by atoms with van der Waals surface area (Å²) in [4.78, 5) is 1.21. The summed E-state index contributed by atoms with van der Waals surface area (Å²) in [5.74, 6) is 0. The molecule has 0 aliphatic heterocycles. The molecule has 0 amide bonds. The van der Waals surface area contributed by atoms with Crippen molar-refractivity contribution in [3.05, 3.63) is 33.2 Å². The Bertz CT molecular complexity index is 467. The molecule has 2 aromatic heterocycles. The maximum Gasteiger partial charge on any atom is 0.0964 e. The molecular formula is C10H14ClN5S. The fourth-order valence-corrected chi connectivity index (χ4v) is 2.48. The van der Waals surface area contributed by atoms with Gasteiger partial charge in [0.15, 0.2) is 0 Å². The summed E-state index contributed by atoms with van der Waals surface area (Å²) in [6.07, 6.45) is 1.90. The van der Waals surface area contributed by atoms with Crippen molar-refractivity contribution < 1.29 is 0 Å². The lowest BCUT2D eigenvalue weighted by Gasteiger charge is -1.98. The third kappa shape index (κ3) is 3.78. The number of hydrogen-bond acceptors (Lipinski definition) is 5. The van der Waals surface area contributed by atoms with Gasteiger partial charge in [0.2, 0.25) is 0 Å². The molecule has 2 heterocycles. The molecule has 0 saturated heterocycles. The van der Waals surface area contributed by atoms with Crippen LogP contribution in [0, 0.1) is 0 Å². The van der Waals surface area contributed by atoms with E-state index in [2.05, 4.69) is 15.6 Å². The first-order valence-corrected chi connectivity index (χ1v) is 6.51. The zero-order valence-corrected chi connectivity index (χ0v) is 10.8. The van der Waals surface area contributed by atoms with Crippen LogP contribution in [0.4, 0.5) is 0 Å². The Morgan fingerprint density at radius 3 is 3.00 bits per heavy atom. The Morgan fingerprint density at radius 1 is 1.41 bits per heavy atom. The predicted octanol–water partition coefficient (Wildman–Crippen LogP) is 1.24. The SMILES string of the molecule is NCCn1cc(CNCc2ccc(Cl)s2)nn1. The van der Waals surface area contributed by atoms with E-state index in [0.717, 1.165) is 16.6 Å². The highest BCUT2D eigenvalue weighted by atomic mass is 35.5. The molecule has 17 heavy (non-hydrogen) atoms. The summed E-state index contributed by atoms with van der Waals surface area (Å²) in [7, 11) is 0. The first kappa shape index (κ1) is 12.5. The average Bonchev–Trinajstić information content (AvgIpc) is 2.89. The molecule has 2 aromatic rings. The summed E-state index contributed by atoms with van der Waals surface area (Å²) in [6.45, 7) is 2.76. The Hall–Kier alpha value is -0.950. The summed E-state index contributed by atoms with van der Waals surface area (Å²) >= 11 is 7.43. The lowest BCUT2D eigenvalue weighted by molar-refractivity contribution is 0.598. The van der Waals surface area contributed by atoms with Gasteiger partial charge in [-0.05, 0) is 12.1 Å². The number of nitrogens with one attached hydrogen (secondary N) is 1. The fourth-order valence-electron chi connectivity index (χ4n) is 1.42. The normalized spacial score (nSPS) is 10.9. The molecule has 92 valence electrons. The van der Waals surface area contributed by atoms with E-state index >= 15 is 0 Å². The number of aromatic nitrogens is 3. The van der Waals surface area contributed by atoms with E-state index in [9.17, 15) is 0 Å². The van der Waals surface area contributed by atoms with Crippen LogP contribution in [-0.4, -0.2) is 21.5 Å². The molecule has 0 saturated carbocycles. The van der Waals surface area contributed by atoms with Crippen LogP contribution in [0.1, 0.15) is 10.6 Å². The van der Waals surface area contributed by atoms with Gasteiger partial charge < -0.3 is 11.1 Å². The smallest absolute Gasteiger partial charge is 0.0964 e. The molecule has 0 bridgehead atoms. The Kier molecular flexibility index (Phi) is 4.49. The summed E-state index contributed by atoms with van der Waals surface area (Å²) in [5.41, 5.74) is 6.35. The van der Waals surface area contributed by atoms with Crippen molar-refractivity contribution in [1.82, 2.24) is 20.3 Å². The third-order valence-corrected chi connectivity index (χ3v) is 3.41. The van der Waals surface area contributed by atoms with Gasteiger partial charge in [-0.25, -0.2) is 0 Å². The highest BCUT2D eigenvalue weighted by molar-refractivity contribution is 7.16. The van der Waals surface area contributed by atoms with Crippen LogP contribution in [0.3, 0.4) is 0 Å². The van der Waals surface area contributed by atoms with Crippen LogP contribution < -0.4 is 11.1 Å². The molecule has 0 spiro atoms. The lowest BCUT2D eigenvalue weighted by atomic mass is 10.4. The minimum absolute atomic E-state index is 0.573. The van der Waals surface area contributed by atoms with Gasteiger partial charge >= 0.3 is 0 Å². The van der Waals surface area contributed by atoms with Gasteiger partial charge in [0.1, 0.15) is 0 Å². The lowest BCUT2D eigenvalue weighted by Crippen LogP contribution is -2.12. The van der Waals surface area contributed by atoms with Gasteiger partial charge in [-0.2, -0.15) is 0 Å². The summed E-state index contributed by atoms with van der Waals surface area (Å²) in [6, 6.07) is 3.92. The number of rotatable bonds is 6. The van der Waals surface area contributed by atoms with Gasteiger partial charge in [-0.3, -0.25) is 4.68 Å². The van der Waals surface area contributed by atoms with E-state index in [1.807, 2.05) is 18.3 Å². The second kappa shape index (κ2) is 6.11. The second-order valence-corrected chi connectivity index (χ2v) is 5.37. The second-order valence-electron chi connectivity index (χ2n) is 3.57. The zero-order chi connectivity index (χ0) is 12.1. The molecule has 0 fully saturated rings. The molecule has 0 radical (unpaired) electrons. The predicted molar refractivity (Wildman–Crippen MR) is 68.9 cm³/mol. The Morgan fingerprint density at radius 2 is 2.29 bits per heavy atom. The average molecular weight is 272 g/mol. The minimum atomic E-state index is 0.573. The minimum Gasteiger partial charge on any atom is -0.329 e. The van der Waals surface area contributed by atoms with Crippen LogP contribution in [0.25, 0.3) is 0 Å². The van der Waals surface area contributed by atoms with Crippen LogP contribution in [0.2, 0.25) is 4.34 Å². The summed E-state index contributed by atoms with van der Waals surface area (Å²) < 4.78 is 2.56. The van der Waals surface area contributed by atoms with Crippen LogP contribution in [0.5, 0.6) is 0 Å². The highest BCUT2D eigenvalue weighted by Crippen LogP contribution is 2.20. The third-order valence-electron chi connectivity index (χ3n) is 2.18. The van der Waals surface area contributed by atoms with Gasteiger partial charge in [-0.15, -0.1) is 16.4 Å². The maximum absolute atomic E-state index is 5.85. The zero-order valence-electron chi connectivity index (χ0n) is 9.27. The van der Waals surface area contributed by atoms with Crippen LogP contribution in [0.15, 0.2) is 18.3 Å². The van der Waals surface area contributed by atoms with Crippen molar-refractivity contribution in [2.24, 2.45) is 5.73 Å². The van der Waals surface area contributed by atoms with E-state index < -0.39 is 0 Å². The molecule has 3 N–H and O–H groups in total. The highest BCUT2D eigenvalue weighted by Gasteiger charge is 2.01. The number of nitrogens with two attached hydrogens (primary N) is 1. The topological polar surface area (TPSA) is 68.8 Å². The van der Waals surface area contributed by atoms with Crippen LogP contribution >= 0.6 is 22.9 Å². The number of halogens is 1. The number of thiophene rings is 1. The van der Waals surface area contributed by atoms with Gasteiger partial charge in [0, 0.05) is 30.7 Å². The van der Waals surface area contributed by atoms with Crippen molar-refractivity contribution in [3.63, 3.8) is 0 Å². The van der Waals surface area contributed by atoms with Crippen molar-refractivity contribution in [1.29, 1.82) is 0 Å². The summed E-state index contributed by atoms with van der Waals surface area (Å²) in [5, 5.41) is 11.3. The van der Waals surface area contributed by atoms with E-state index in [1.165, 1.54) is 4.88 Å². The van der Waals surface area contributed by atoms with E-state index in [0.29, 0.717) is 19.6 Å². The molecule has 0 aliphatic carbocycles. The van der Waals surface area contributed by atoms with Gasteiger partial charge in [-0.1, -0.05) is 16.8 Å². The van der Waals surface area contributed by atoms with Crippen molar-refractivity contribution >= 4 is 22.9 Å². The standard InChI is InChI=1S/C10H14ClN5S/c11-10-2-1-9(17-10)6-13-5-8-7-16(4-3-12)15-14-8/h1-2,7,13H,3-6,12H2. The maximum atomic E-state index is 5.85. The molecule has 7 heteroatoms. The number of hydrogen-bond donors (Lipinski definition) is 2. The quantitative estimate of drug-likeness (QED) is 0.830. The molecule has 0 unspecified atom stereocenters. The van der Waals surface area contributed by atoms with Gasteiger partial charge in [0.05, 0.1) is 16.6 Å². The molecule has 0 aromatic carbocycles. The Balaban J connectivity index is 1.77. The molecule has 0 aliphatic rings. The molecule has 5 nitrogen and oxygen atoms in total. The first-order valence-electron chi connectivity index (χ1n) is 5.32. The van der Waals surface area contributed by atoms with Crippen molar-refractivity contribution in [2.75, 3.05) is 6.54 Å². The van der Waals surface area contributed by atoms with Crippen molar-refractivity contribution in [2.45, 2.75) is 19.6 Å². The fraction of sp³-hybridized carbons (Fsp3) is 0.400. The molecule has 2 rings (SSSR count). The Labute approximate surface area is 109 Å². The number of nitrogens with zero attached hydrogens (tertiary/aromatic N) is 3. The van der Waals surface area contributed by atoms with Gasteiger partial charge in [0.25, 0.3) is 0 Å². The van der Waals surface area contributed by atoms with Crippen LogP contribution in [-0.2, 0) is 19.6 Å². The van der Waals surface area contributed by atoms with E-state index in [4.69, 9.17) is 17.3 Å². The molecule has 0 atom stereocenters. The van der Waals surface area contributed by atoms with Crippen molar-refractivity contribution in [3.8, 4) is 0 Å². The van der Waals surface area contributed by atoms with E-state index in [1.54, 1.807) is 16.0 Å². The first-order chi connectivity index (χ1) is 8.28. The monoisotopic (exact) mass is 271 g/mol.